The van der Waals surface area contributed by atoms with Gasteiger partial charge < -0.3 is 15.2 Å². The van der Waals surface area contributed by atoms with Crippen molar-refractivity contribution in [2.24, 2.45) is 17.1 Å². The summed E-state index contributed by atoms with van der Waals surface area (Å²) >= 11 is 0. The molecule has 2 saturated heterocycles. The highest BCUT2D eigenvalue weighted by Gasteiger charge is 2.54. The molecule has 19 heavy (non-hydrogen) atoms. The molecule has 0 aromatic rings. The van der Waals surface area contributed by atoms with Gasteiger partial charge in [0.05, 0.1) is 11.2 Å². The van der Waals surface area contributed by atoms with Crippen molar-refractivity contribution in [3.63, 3.8) is 0 Å². The van der Waals surface area contributed by atoms with Gasteiger partial charge in [0.25, 0.3) is 0 Å². The second-order valence-corrected chi connectivity index (χ2v) is 7.18. The van der Waals surface area contributed by atoms with Crippen molar-refractivity contribution in [3.05, 3.63) is 0 Å². The Labute approximate surface area is 116 Å². The van der Waals surface area contributed by atoms with Crippen LogP contribution in [-0.2, 0) is 14.3 Å². The topological polar surface area (TPSA) is 61.6 Å². The van der Waals surface area contributed by atoms with Crippen molar-refractivity contribution in [2.75, 3.05) is 19.8 Å². The van der Waals surface area contributed by atoms with E-state index in [-0.39, 0.29) is 17.3 Å². The van der Waals surface area contributed by atoms with Gasteiger partial charge in [0.15, 0.2) is 0 Å². The first-order valence-corrected chi connectivity index (χ1v) is 7.25. The molecule has 0 aromatic heterocycles. The van der Waals surface area contributed by atoms with Gasteiger partial charge in [-0.1, -0.05) is 0 Å². The summed E-state index contributed by atoms with van der Waals surface area (Å²) in [5.74, 6) is 0.220. The van der Waals surface area contributed by atoms with Gasteiger partial charge in [0, 0.05) is 31.1 Å². The number of nitrogens with two attached hydrogens (primary N) is 1. The van der Waals surface area contributed by atoms with Crippen molar-refractivity contribution in [2.45, 2.75) is 58.2 Å². The van der Waals surface area contributed by atoms with Crippen LogP contribution in [-0.4, -0.2) is 36.7 Å². The Morgan fingerprint density at radius 1 is 1.21 bits per heavy atom. The first-order chi connectivity index (χ1) is 8.72. The summed E-state index contributed by atoms with van der Waals surface area (Å²) in [5, 5.41) is 0. The molecule has 0 aromatic carbocycles. The number of Topliss-reactive ketones (excluding diaryl/α,β-unsaturated/α-hetero) is 1. The fourth-order valence-corrected chi connectivity index (χ4v) is 3.65. The van der Waals surface area contributed by atoms with Gasteiger partial charge in [-0.25, -0.2) is 0 Å². The standard InChI is InChI=1S/C15H27NO3/c1-13(2)9-11(14(3,4)19-13)12(17)15(10-16)5-7-18-8-6-15/h11H,5-10,16H2,1-4H3. The molecule has 0 amide bonds. The average Bonchev–Trinajstić information content (AvgIpc) is 2.57. The number of hydrogen-bond acceptors (Lipinski definition) is 4. The van der Waals surface area contributed by atoms with E-state index >= 15 is 0 Å². The minimum absolute atomic E-state index is 0.0656. The summed E-state index contributed by atoms with van der Waals surface area (Å²) in [6, 6.07) is 0. The smallest absolute Gasteiger partial charge is 0.146 e. The zero-order valence-corrected chi connectivity index (χ0v) is 12.6. The predicted octanol–water partition coefficient (Wildman–Crippen LogP) is 1.90. The Kier molecular flexibility index (Phi) is 3.80. The normalized spacial score (nSPS) is 32.2. The molecule has 2 aliphatic rings. The zero-order chi connectivity index (χ0) is 14.3. The van der Waals surface area contributed by atoms with E-state index in [0.717, 1.165) is 19.3 Å². The second kappa shape index (κ2) is 4.83. The van der Waals surface area contributed by atoms with Gasteiger partial charge in [-0.3, -0.25) is 4.79 Å². The van der Waals surface area contributed by atoms with E-state index in [4.69, 9.17) is 15.2 Å². The largest absolute Gasteiger partial charge is 0.381 e. The summed E-state index contributed by atoms with van der Waals surface area (Å²) in [6.07, 6.45) is 2.27. The molecule has 2 rings (SSSR count). The number of ether oxygens (including phenoxy) is 2. The molecule has 0 saturated carbocycles. The molecule has 2 heterocycles. The molecular weight excluding hydrogens is 242 g/mol. The molecule has 0 bridgehead atoms. The lowest BCUT2D eigenvalue weighted by molar-refractivity contribution is -0.144. The Morgan fingerprint density at radius 2 is 1.79 bits per heavy atom. The monoisotopic (exact) mass is 269 g/mol. The lowest BCUT2D eigenvalue weighted by Gasteiger charge is -2.39. The van der Waals surface area contributed by atoms with E-state index in [2.05, 4.69) is 13.8 Å². The third-order valence-corrected chi connectivity index (χ3v) is 4.75. The van der Waals surface area contributed by atoms with E-state index in [0.29, 0.717) is 19.8 Å². The molecule has 110 valence electrons. The Bertz CT molecular complexity index is 356. The summed E-state index contributed by atoms with van der Waals surface area (Å²) in [4.78, 5) is 13.0. The maximum Gasteiger partial charge on any atom is 0.146 e. The third-order valence-electron chi connectivity index (χ3n) is 4.75. The molecule has 1 atom stereocenters. The van der Waals surface area contributed by atoms with Crippen molar-refractivity contribution < 1.29 is 14.3 Å². The first-order valence-electron chi connectivity index (χ1n) is 7.25. The first kappa shape index (κ1) is 14.9. The summed E-state index contributed by atoms with van der Waals surface area (Å²) in [7, 11) is 0. The van der Waals surface area contributed by atoms with Crippen LogP contribution in [0.3, 0.4) is 0 Å². The molecule has 4 heteroatoms. The number of rotatable bonds is 3. The molecule has 0 aliphatic carbocycles. The van der Waals surface area contributed by atoms with Crippen molar-refractivity contribution in [1.29, 1.82) is 0 Å². The van der Waals surface area contributed by atoms with Gasteiger partial charge in [-0.05, 0) is 47.0 Å². The SMILES string of the molecule is CC1(C)CC(C(=O)C2(CN)CCOCC2)C(C)(C)O1. The summed E-state index contributed by atoms with van der Waals surface area (Å²) < 4.78 is 11.5. The molecule has 2 aliphatic heterocycles. The number of carbonyl (C=O) groups excluding carboxylic acids is 1. The van der Waals surface area contributed by atoms with E-state index < -0.39 is 11.0 Å². The fourth-order valence-electron chi connectivity index (χ4n) is 3.65. The minimum atomic E-state index is -0.402. The van der Waals surface area contributed by atoms with Gasteiger partial charge in [-0.2, -0.15) is 0 Å². The molecule has 4 nitrogen and oxygen atoms in total. The summed E-state index contributed by atoms with van der Waals surface area (Å²) in [5.41, 5.74) is 4.91. The van der Waals surface area contributed by atoms with Crippen molar-refractivity contribution in [1.82, 2.24) is 0 Å². The van der Waals surface area contributed by atoms with Crippen LogP contribution in [0.5, 0.6) is 0 Å². The lowest BCUT2D eigenvalue weighted by atomic mass is 9.68. The lowest BCUT2D eigenvalue weighted by Crippen LogP contribution is -2.49. The van der Waals surface area contributed by atoms with Crippen molar-refractivity contribution in [3.8, 4) is 0 Å². The minimum Gasteiger partial charge on any atom is -0.381 e. The second-order valence-electron chi connectivity index (χ2n) is 7.18. The van der Waals surface area contributed by atoms with Crippen LogP contribution < -0.4 is 5.73 Å². The van der Waals surface area contributed by atoms with Crippen LogP contribution >= 0.6 is 0 Å². The number of hydrogen-bond donors (Lipinski definition) is 1. The van der Waals surface area contributed by atoms with Crippen LogP contribution in [0.15, 0.2) is 0 Å². The highest BCUT2D eigenvalue weighted by Crippen LogP contribution is 2.46. The number of carbonyl (C=O) groups is 1. The van der Waals surface area contributed by atoms with Crippen LogP contribution in [0, 0.1) is 11.3 Å². The average molecular weight is 269 g/mol. The van der Waals surface area contributed by atoms with Gasteiger partial charge in [0.1, 0.15) is 5.78 Å². The van der Waals surface area contributed by atoms with E-state index in [1.54, 1.807) is 0 Å². The quantitative estimate of drug-likeness (QED) is 0.850. The maximum absolute atomic E-state index is 13.0. The van der Waals surface area contributed by atoms with E-state index in [1.165, 1.54) is 0 Å². The third kappa shape index (κ3) is 2.71. The molecular formula is C15H27NO3. The predicted molar refractivity (Wildman–Crippen MR) is 73.9 cm³/mol. The van der Waals surface area contributed by atoms with Crippen LogP contribution in [0.1, 0.15) is 47.0 Å². The van der Waals surface area contributed by atoms with Gasteiger partial charge >= 0.3 is 0 Å². The molecule has 2 N–H and O–H groups in total. The van der Waals surface area contributed by atoms with Crippen molar-refractivity contribution >= 4 is 5.78 Å². The molecule has 2 fully saturated rings. The molecule has 0 radical (unpaired) electrons. The van der Waals surface area contributed by atoms with E-state index in [1.807, 2.05) is 13.8 Å². The highest BCUT2D eigenvalue weighted by molar-refractivity contribution is 5.88. The van der Waals surface area contributed by atoms with Gasteiger partial charge in [-0.15, -0.1) is 0 Å². The Balaban J connectivity index is 2.23. The fraction of sp³-hybridized carbons (Fsp3) is 0.933. The maximum atomic E-state index is 13.0. The van der Waals surface area contributed by atoms with Crippen LogP contribution in [0.25, 0.3) is 0 Å². The summed E-state index contributed by atoms with van der Waals surface area (Å²) in [6.45, 7) is 9.85. The Hall–Kier alpha value is -0.450. The highest BCUT2D eigenvalue weighted by atomic mass is 16.5. The zero-order valence-electron chi connectivity index (χ0n) is 12.6. The van der Waals surface area contributed by atoms with E-state index in [9.17, 15) is 4.79 Å². The Morgan fingerprint density at radius 3 is 2.21 bits per heavy atom. The van der Waals surface area contributed by atoms with Crippen LogP contribution in [0.4, 0.5) is 0 Å². The molecule has 0 spiro atoms. The number of ketones is 1. The van der Waals surface area contributed by atoms with Gasteiger partial charge in [0.2, 0.25) is 0 Å². The molecule has 1 unspecified atom stereocenters. The van der Waals surface area contributed by atoms with Crippen LogP contribution in [0.2, 0.25) is 0 Å².